The number of carbonyl (C=O) groups excluding carboxylic acids is 1. The molecule has 1 aromatic heterocycles. The summed E-state index contributed by atoms with van der Waals surface area (Å²) >= 11 is 0. The van der Waals surface area contributed by atoms with E-state index in [0.717, 1.165) is 23.0 Å². The number of aryl methyl sites for hydroxylation is 1. The Morgan fingerprint density at radius 3 is 2.00 bits per heavy atom. The van der Waals surface area contributed by atoms with Gasteiger partial charge in [0.2, 0.25) is 0 Å². The fourth-order valence-corrected chi connectivity index (χ4v) is 4.81. The summed E-state index contributed by atoms with van der Waals surface area (Å²) in [7, 11) is 0. The van der Waals surface area contributed by atoms with Crippen LogP contribution in [-0.4, -0.2) is 50.6 Å². The van der Waals surface area contributed by atoms with Crippen molar-refractivity contribution in [1.29, 1.82) is 0 Å². The van der Waals surface area contributed by atoms with E-state index in [2.05, 4.69) is 24.0 Å². The Morgan fingerprint density at radius 1 is 0.750 bits per heavy atom. The van der Waals surface area contributed by atoms with E-state index in [4.69, 9.17) is 20.1 Å². The highest BCUT2D eigenvalue weighted by molar-refractivity contribution is 5.96. The van der Waals surface area contributed by atoms with Crippen LogP contribution in [0.15, 0.2) is 66.7 Å². The molecule has 0 spiro atoms. The number of fused-ring (bicyclic) bond motifs is 1. The Bertz CT molecular complexity index is 1550. The number of ether oxygens (including phenoxy) is 1. The zero-order chi connectivity index (χ0) is 32.1. The first-order valence-corrected chi connectivity index (χ1v) is 14.7. The quantitative estimate of drug-likeness (QED) is 0.103. The van der Waals surface area contributed by atoms with Crippen LogP contribution in [0.4, 0.5) is 0 Å². The summed E-state index contributed by atoms with van der Waals surface area (Å²) in [6.45, 7) is 3.72. The van der Waals surface area contributed by atoms with Crippen LogP contribution in [0.1, 0.15) is 93.3 Å². The Kier molecular flexibility index (Phi) is 12.7. The molecular weight excluding hydrogens is 562 g/mol. The van der Waals surface area contributed by atoms with Crippen LogP contribution in [0, 0.1) is 6.92 Å². The number of aromatic carboxylic acids is 3. The molecule has 0 fully saturated rings. The number of unbranched alkanes of at least 4 members (excludes halogenated alkanes) is 5. The molecule has 232 valence electrons. The largest absolute Gasteiger partial charge is 0.486 e. The van der Waals surface area contributed by atoms with Crippen molar-refractivity contribution in [1.82, 2.24) is 4.98 Å². The first-order chi connectivity index (χ1) is 21.1. The molecule has 9 heteroatoms. The van der Waals surface area contributed by atoms with Crippen molar-refractivity contribution < 1.29 is 39.2 Å². The van der Waals surface area contributed by atoms with Gasteiger partial charge in [-0.1, -0.05) is 57.2 Å². The molecule has 0 unspecified atom stereocenters. The minimum absolute atomic E-state index is 0.00646. The zero-order valence-electron chi connectivity index (χ0n) is 25.1. The highest BCUT2D eigenvalue weighted by Gasteiger charge is 2.14. The summed E-state index contributed by atoms with van der Waals surface area (Å²) in [4.78, 5) is 47.8. The SMILES string of the molecule is CCCCCCCCc1ccc(OCC(=O)Cc2cc3cc(C(=O)O)ccc3[nH]2)cc1.Cc1c(C(=O)O)cccc1C(=O)O. The lowest BCUT2D eigenvalue weighted by atomic mass is 10.0. The van der Waals surface area contributed by atoms with Crippen molar-refractivity contribution in [2.45, 2.75) is 65.2 Å². The third kappa shape index (κ3) is 10.1. The number of benzene rings is 3. The van der Waals surface area contributed by atoms with E-state index >= 15 is 0 Å². The van der Waals surface area contributed by atoms with E-state index in [1.807, 2.05) is 18.2 Å². The van der Waals surface area contributed by atoms with Crippen LogP contribution in [0.3, 0.4) is 0 Å². The van der Waals surface area contributed by atoms with Crippen molar-refractivity contribution in [2.75, 3.05) is 6.61 Å². The average Bonchev–Trinajstić information content (AvgIpc) is 3.40. The summed E-state index contributed by atoms with van der Waals surface area (Å²) in [6, 6.07) is 18.9. The van der Waals surface area contributed by atoms with Crippen LogP contribution >= 0.6 is 0 Å². The molecule has 3 aromatic carbocycles. The summed E-state index contributed by atoms with van der Waals surface area (Å²) in [5.41, 5.74) is 3.43. The molecule has 4 aromatic rings. The number of carboxylic acid groups (broad SMARTS) is 3. The van der Waals surface area contributed by atoms with Gasteiger partial charge in [-0.15, -0.1) is 0 Å². The number of Topliss-reactive ketones (excluding diaryl/α,β-unsaturated/α-hetero) is 1. The number of ketones is 1. The van der Waals surface area contributed by atoms with Crippen LogP contribution in [-0.2, 0) is 17.6 Å². The monoisotopic (exact) mass is 601 g/mol. The van der Waals surface area contributed by atoms with Gasteiger partial charge in [0.15, 0.2) is 5.78 Å². The topological polar surface area (TPSA) is 154 Å². The molecule has 9 nitrogen and oxygen atoms in total. The Balaban J connectivity index is 0.000000340. The number of hydrogen-bond acceptors (Lipinski definition) is 5. The van der Waals surface area contributed by atoms with Gasteiger partial charge in [0.05, 0.1) is 23.1 Å². The van der Waals surface area contributed by atoms with Gasteiger partial charge in [-0.25, -0.2) is 14.4 Å². The molecule has 0 amide bonds. The lowest BCUT2D eigenvalue weighted by Crippen LogP contribution is -2.14. The van der Waals surface area contributed by atoms with Crippen molar-refractivity contribution in [3.05, 3.63) is 100 Å². The number of carboxylic acids is 3. The Hall–Kier alpha value is -4.92. The molecule has 0 saturated carbocycles. The number of hydrogen-bond donors (Lipinski definition) is 4. The van der Waals surface area contributed by atoms with Crippen molar-refractivity contribution in [2.24, 2.45) is 0 Å². The van der Waals surface area contributed by atoms with Gasteiger partial charge in [0.1, 0.15) is 12.4 Å². The smallest absolute Gasteiger partial charge is 0.335 e. The third-order valence-corrected chi connectivity index (χ3v) is 7.25. The molecule has 4 rings (SSSR count). The Morgan fingerprint density at radius 2 is 1.39 bits per heavy atom. The first-order valence-electron chi connectivity index (χ1n) is 14.7. The summed E-state index contributed by atoms with van der Waals surface area (Å²) in [5, 5.41) is 27.2. The average molecular weight is 602 g/mol. The fourth-order valence-electron chi connectivity index (χ4n) is 4.81. The minimum atomic E-state index is -1.11. The lowest BCUT2D eigenvalue weighted by molar-refractivity contribution is -0.120. The standard InChI is InChI=1S/C26H31NO4.C9H8O4/c1-2-3-4-5-6-7-8-19-9-12-24(13-10-19)31-18-23(28)17-22-16-21-15-20(26(29)30)11-14-25(21)27-22;1-5-6(8(10)11)3-2-4-7(5)9(12)13/h9-16,27H,2-8,17-18H2,1H3,(H,29,30);2-4H,1H3,(H,10,11)(H,12,13). The molecule has 0 aliphatic heterocycles. The van der Waals surface area contributed by atoms with Crippen molar-refractivity contribution in [3.8, 4) is 5.75 Å². The van der Waals surface area contributed by atoms with Crippen molar-refractivity contribution in [3.63, 3.8) is 0 Å². The number of H-pyrrole nitrogens is 1. The Labute approximate surface area is 256 Å². The second kappa shape index (κ2) is 16.6. The maximum atomic E-state index is 12.3. The lowest BCUT2D eigenvalue weighted by Gasteiger charge is -2.07. The van der Waals surface area contributed by atoms with Crippen LogP contribution in [0.2, 0.25) is 0 Å². The maximum Gasteiger partial charge on any atom is 0.335 e. The predicted molar refractivity (Wildman–Crippen MR) is 168 cm³/mol. The fraction of sp³-hybridized carbons (Fsp3) is 0.314. The highest BCUT2D eigenvalue weighted by atomic mass is 16.5. The van der Waals surface area contributed by atoms with Crippen LogP contribution in [0.25, 0.3) is 10.9 Å². The maximum absolute atomic E-state index is 12.3. The highest BCUT2D eigenvalue weighted by Crippen LogP contribution is 2.19. The van der Waals surface area contributed by atoms with E-state index in [9.17, 15) is 19.2 Å². The van der Waals surface area contributed by atoms with Gasteiger partial charge >= 0.3 is 17.9 Å². The predicted octanol–water partition coefficient (Wildman–Crippen LogP) is 7.35. The van der Waals surface area contributed by atoms with Gasteiger partial charge < -0.3 is 25.0 Å². The molecule has 0 aliphatic carbocycles. The number of nitrogens with one attached hydrogen (secondary N) is 1. The second-order valence-electron chi connectivity index (χ2n) is 10.7. The van der Waals surface area contributed by atoms with E-state index in [1.54, 1.807) is 18.2 Å². The van der Waals surface area contributed by atoms with Gasteiger partial charge in [-0.2, -0.15) is 0 Å². The van der Waals surface area contributed by atoms with Crippen LogP contribution in [0.5, 0.6) is 5.75 Å². The molecule has 0 radical (unpaired) electrons. The van der Waals surface area contributed by atoms with Gasteiger partial charge in [-0.05, 0) is 79.4 Å². The van der Waals surface area contributed by atoms with Crippen molar-refractivity contribution >= 4 is 34.6 Å². The second-order valence-corrected chi connectivity index (χ2v) is 10.7. The minimum Gasteiger partial charge on any atom is -0.486 e. The number of carbonyl (C=O) groups is 4. The van der Waals surface area contributed by atoms with Gasteiger partial charge in [0, 0.05) is 16.6 Å². The van der Waals surface area contributed by atoms with Crippen LogP contribution < -0.4 is 4.74 Å². The molecule has 0 atom stereocenters. The molecule has 1 heterocycles. The normalized spacial score (nSPS) is 10.6. The molecule has 0 bridgehead atoms. The number of aromatic nitrogens is 1. The number of rotatable bonds is 15. The summed E-state index contributed by atoms with van der Waals surface area (Å²) in [5.74, 6) is -2.53. The third-order valence-electron chi connectivity index (χ3n) is 7.25. The molecular formula is C35H39NO8. The first kappa shape index (κ1) is 33.6. The zero-order valence-corrected chi connectivity index (χ0v) is 25.1. The van der Waals surface area contributed by atoms with E-state index in [1.165, 1.54) is 69.2 Å². The van der Waals surface area contributed by atoms with E-state index in [0.29, 0.717) is 5.75 Å². The molecule has 4 N–H and O–H groups in total. The molecule has 0 aliphatic rings. The number of aromatic amines is 1. The van der Waals surface area contributed by atoms with E-state index in [-0.39, 0.29) is 41.1 Å². The summed E-state index contributed by atoms with van der Waals surface area (Å²) in [6.07, 6.45) is 9.03. The van der Waals surface area contributed by atoms with Gasteiger partial charge in [-0.3, -0.25) is 4.79 Å². The van der Waals surface area contributed by atoms with Gasteiger partial charge in [0.25, 0.3) is 0 Å². The molecule has 0 saturated heterocycles. The molecule has 44 heavy (non-hydrogen) atoms. The van der Waals surface area contributed by atoms with E-state index < -0.39 is 17.9 Å². The summed E-state index contributed by atoms with van der Waals surface area (Å²) < 4.78 is 5.65.